The van der Waals surface area contributed by atoms with Gasteiger partial charge in [0.1, 0.15) is 5.75 Å². The molecule has 2 heterocycles. The summed E-state index contributed by atoms with van der Waals surface area (Å²) >= 11 is 0. The first-order chi connectivity index (χ1) is 9.70. The Kier molecular flexibility index (Phi) is 3.92. The predicted octanol–water partition coefficient (Wildman–Crippen LogP) is 2.29. The molecule has 1 aromatic rings. The van der Waals surface area contributed by atoms with Gasteiger partial charge >= 0.3 is 0 Å². The number of amides is 1. The van der Waals surface area contributed by atoms with Crippen molar-refractivity contribution in [3.05, 3.63) is 23.8 Å². The van der Waals surface area contributed by atoms with Gasteiger partial charge in [0.25, 0.3) is 5.91 Å². The lowest BCUT2D eigenvalue weighted by Crippen LogP contribution is -2.30. The fourth-order valence-electron chi connectivity index (χ4n) is 3.01. The van der Waals surface area contributed by atoms with Crippen LogP contribution in [0.1, 0.15) is 24.8 Å². The first-order valence-electron chi connectivity index (χ1n) is 7.45. The van der Waals surface area contributed by atoms with Crippen LogP contribution in [0.15, 0.2) is 18.2 Å². The Balaban J connectivity index is 1.58. The van der Waals surface area contributed by atoms with E-state index in [9.17, 15) is 4.79 Å². The monoisotopic (exact) mass is 274 g/mol. The molecule has 4 nitrogen and oxygen atoms in total. The predicted molar refractivity (Wildman–Crippen MR) is 79.1 cm³/mol. The van der Waals surface area contributed by atoms with Crippen molar-refractivity contribution in [1.82, 2.24) is 4.90 Å². The number of carbonyl (C=O) groups excluding carboxylic acids is 1. The summed E-state index contributed by atoms with van der Waals surface area (Å²) in [5.74, 6) is 1.56. The number of hydrogen-bond donors (Lipinski definition) is 1. The second kappa shape index (κ2) is 5.83. The number of rotatable bonds is 3. The van der Waals surface area contributed by atoms with E-state index in [0.717, 1.165) is 23.8 Å². The summed E-state index contributed by atoms with van der Waals surface area (Å²) in [4.78, 5) is 13.7. The molecule has 1 saturated heterocycles. The number of aryl methyl sites for hydroxylation is 1. The number of benzene rings is 1. The van der Waals surface area contributed by atoms with Crippen LogP contribution >= 0.6 is 0 Å². The van der Waals surface area contributed by atoms with Crippen molar-refractivity contribution in [3.8, 4) is 5.75 Å². The second-order valence-corrected chi connectivity index (χ2v) is 5.95. The highest BCUT2D eigenvalue weighted by molar-refractivity contribution is 5.95. The van der Waals surface area contributed by atoms with Gasteiger partial charge in [-0.25, -0.2) is 0 Å². The van der Waals surface area contributed by atoms with Crippen LogP contribution in [0, 0.1) is 5.92 Å². The summed E-state index contributed by atoms with van der Waals surface area (Å²) in [7, 11) is 2.20. The van der Waals surface area contributed by atoms with E-state index in [-0.39, 0.29) is 12.5 Å². The Bertz CT molecular complexity index is 493. The van der Waals surface area contributed by atoms with Gasteiger partial charge in [-0.15, -0.1) is 0 Å². The van der Waals surface area contributed by atoms with E-state index >= 15 is 0 Å². The van der Waals surface area contributed by atoms with Gasteiger partial charge in [0.05, 0.1) is 5.69 Å². The first-order valence-corrected chi connectivity index (χ1v) is 7.45. The van der Waals surface area contributed by atoms with Crippen LogP contribution in [0.25, 0.3) is 0 Å². The minimum Gasteiger partial charge on any atom is -0.482 e. The molecule has 0 aliphatic carbocycles. The zero-order valence-corrected chi connectivity index (χ0v) is 12.0. The molecule has 2 aliphatic rings. The molecule has 0 spiro atoms. The van der Waals surface area contributed by atoms with Crippen molar-refractivity contribution in [1.29, 1.82) is 0 Å². The van der Waals surface area contributed by atoms with Gasteiger partial charge in [0, 0.05) is 0 Å². The van der Waals surface area contributed by atoms with Crippen LogP contribution in [-0.2, 0) is 11.2 Å². The maximum atomic E-state index is 11.3. The van der Waals surface area contributed by atoms with E-state index < -0.39 is 0 Å². The number of fused-ring (bicyclic) bond motifs is 1. The van der Waals surface area contributed by atoms with Gasteiger partial charge in [-0.05, 0) is 69.4 Å². The molecule has 3 rings (SSSR count). The lowest BCUT2D eigenvalue weighted by molar-refractivity contribution is -0.118. The molecule has 0 bridgehead atoms. The molecule has 0 saturated carbocycles. The SMILES string of the molecule is CN1CCC(CCc2ccc3c(c2)NC(=O)CO3)CC1. The molecule has 0 atom stereocenters. The minimum absolute atomic E-state index is 0.0648. The number of ether oxygens (including phenoxy) is 1. The van der Waals surface area contributed by atoms with Crippen LogP contribution in [0.2, 0.25) is 0 Å². The molecule has 108 valence electrons. The Morgan fingerprint density at radius 1 is 1.35 bits per heavy atom. The van der Waals surface area contributed by atoms with Gasteiger partial charge in [-0.1, -0.05) is 6.07 Å². The van der Waals surface area contributed by atoms with E-state index in [1.165, 1.54) is 37.9 Å². The minimum atomic E-state index is -0.0648. The van der Waals surface area contributed by atoms with Crippen LogP contribution < -0.4 is 10.1 Å². The van der Waals surface area contributed by atoms with Gasteiger partial charge in [0.15, 0.2) is 6.61 Å². The lowest BCUT2D eigenvalue weighted by Gasteiger charge is -2.29. The fraction of sp³-hybridized carbons (Fsp3) is 0.562. The number of nitrogens with zero attached hydrogens (tertiary/aromatic N) is 1. The third-order valence-electron chi connectivity index (χ3n) is 4.36. The highest BCUT2D eigenvalue weighted by atomic mass is 16.5. The maximum Gasteiger partial charge on any atom is 0.262 e. The smallest absolute Gasteiger partial charge is 0.262 e. The summed E-state index contributed by atoms with van der Waals surface area (Å²) in [5.41, 5.74) is 2.11. The molecule has 0 radical (unpaired) electrons. The highest BCUT2D eigenvalue weighted by Crippen LogP contribution is 2.30. The van der Waals surface area contributed by atoms with Crippen molar-refractivity contribution >= 4 is 11.6 Å². The van der Waals surface area contributed by atoms with Gasteiger partial charge in [-0.3, -0.25) is 4.79 Å². The third kappa shape index (κ3) is 3.12. The summed E-state index contributed by atoms with van der Waals surface area (Å²) in [6.07, 6.45) is 4.93. The van der Waals surface area contributed by atoms with Crippen LogP contribution in [0.3, 0.4) is 0 Å². The van der Waals surface area contributed by atoms with Crippen molar-refractivity contribution < 1.29 is 9.53 Å². The molecule has 1 N–H and O–H groups in total. The van der Waals surface area contributed by atoms with Gasteiger partial charge < -0.3 is 15.0 Å². The first kappa shape index (κ1) is 13.4. The number of anilines is 1. The Morgan fingerprint density at radius 3 is 2.95 bits per heavy atom. The summed E-state index contributed by atoms with van der Waals surface area (Å²) in [6.45, 7) is 2.57. The van der Waals surface area contributed by atoms with Crippen molar-refractivity contribution in [3.63, 3.8) is 0 Å². The number of piperidine rings is 1. The Morgan fingerprint density at radius 2 is 2.15 bits per heavy atom. The number of nitrogens with one attached hydrogen (secondary N) is 1. The normalized spacial score (nSPS) is 20.1. The molecule has 0 aromatic heterocycles. The van der Waals surface area contributed by atoms with E-state index in [1.54, 1.807) is 0 Å². The number of carbonyl (C=O) groups is 1. The van der Waals surface area contributed by atoms with E-state index in [2.05, 4.69) is 29.4 Å². The Labute approximate surface area is 120 Å². The lowest BCUT2D eigenvalue weighted by atomic mass is 9.90. The molecule has 1 fully saturated rings. The highest BCUT2D eigenvalue weighted by Gasteiger charge is 2.18. The zero-order valence-electron chi connectivity index (χ0n) is 12.0. The third-order valence-corrected chi connectivity index (χ3v) is 4.36. The largest absolute Gasteiger partial charge is 0.482 e. The average molecular weight is 274 g/mol. The molecule has 20 heavy (non-hydrogen) atoms. The van der Waals surface area contributed by atoms with Crippen LogP contribution in [0.4, 0.5) is 5.69 Å². The number of hydrogen-bond acceptors (Lipinski definition) is 3. The van der Waals surface area contributed by atoms with Crippen molar-refractivity contribution in [2.24, 2.45) is 5.92 Å². The molecule has 4 heteroatoms. The molecule has 1 amide bonds. The molecular formula is C16H22N2O2. The Hall–Kier alpha value is -1.55. The number of likely N-dealkylation sites (tertiary alicyclic amines) is 1. The van der Waals surface area contributed by atoms with E-state index in [4.69, 9.17) is 4.74 Å². The standard InChI is InChI=1S/C16H22N2O2/c1-18-8-6-12(7-9-18)2-3-13-4-5-15-14(10-13)17-16(19)11-20-15/h4-5,10,12H,2-3,6-9,11H2,1H3,(H,17,19). The second-order valence-electron chi connectivity index (χ2n) is 5.95. The van der Waals surface area contributed by atoms with Crippen LogP contribution in [0.5, 0.6) is 5.75 Å². The molecule has 1 aromatic carbocycles. The fourth-order valence-corrected chi connectivity index (χ4v) is 3.01. The van der Waals surface area contributed by atoms with E-state index in [1.807, 2.05) is 6.07 Å². The summed E-state index contributed by atoms with van der Waals surface area (Å²) in [5, 5.41) is 2.87. The molecular weight excluding hydrogens is 252 g/mol. The van der Waals surface area contributed by atoms with Gasteiger partial charge in [-0.2, -0.15) is 0 Å². The van der Waals surface area contributed by atoms with Crippen LogP contribution in [-0.4, -0.2) is 37.6 Å². The average Bonchev–Trinajstić information content (AvgIpc) is 2.46. The summed E-state index contributed by atoms with van der Waals surface area (Å²) < 4.78 is 5.38. The van der Waals surface area contributed by atoms with Crippen molar-refractivity contribution in [2.75, 3.05) is 32.1 Å². The zero-order chi connectivity index (χ0) is 13.9. The maximum absolute atomic E-state index is 11.3. The summed E-state index contributed by atoms with van der Waals surface area (Å²) in [6, 6.07) is 6.14. The van der Waals surface area contributed by atoms with E-state index in [0.29, 0.717) is 0 Å². The molecule has 0 unspecified atom stereocenters. The van der Waals surface area contributed by atoms with Gasteiger partial charge in [0.2, 0.25) is 0 Å². The molecule has 2 aliphatic heterocycles. The van der Waals surface area contributed by atoms with Crippen molar-refractivity contribution in [2.45, 2.75) is 25.7 Å². The quantitative estimate of drug-likeness (QED) is 0.919. The topological polar surface area (TPSA) is 41.6 Å².